The van der Waals surface area contributed by atoms with Crippen molar-refractivity contribution in [2.45, 2.75) is 6.61 Å². The highest BCUT2D eigenvalue weighted by molar-refractivity contribution is 5.79. The van der Waals surface area contributed by atoms with Gasteiger partial charge in [-0.1, -0.05) is 6.07 Å². The summed E-state index contributed by atoms with van der Waals surface area (Å²) in [7, 11) is 1.52. The van der Waals surface area contributed by atoms with E-state index in [4.69, 9.17) is 9.47 Å². The third-order valence-electron chi connectivity index (χ3n) is 2.46. The summed E-state index contributed by atoms with van der Waals surface area (Å²) in [5, 5.41) is 0. The van der Waals surface area contributed by atoms with Gasteiger partial charge in [-0.05, 0) is 18.2 Å². The lowest BCUT2D eigenvalue weighted by atomic mass is 10.2. The molecule has 4 heteroatoms. The van der Waals surface area contributed by atoms with Gasteiger partial charge in [0.05, 0.1) is 12.7 Å². The van der Waals surface area contributed by atoms with Crippen LogP contribution >= 0.6 is 0 Å². The van der Waals surface area contributed by atoms with E-state index in [0.29, 0.717) is 23.7 Å². The monoisotopic (exact) mass is 243 g/mol. The third-order valence-corrected chi connectivity index (χ3v) is 2.46. The summed E-state index contributed by atoms with van der Waals surface area (Å²) in [5.74, 6) is 1.16. The predicted molar refractivity (Wildman–Crippen MR) is 67.0 cm³/mol. The molecular formula is C14H13NO3. The van der Waals surface area contributed by atoms with E-state index in [1.54, 1.807) is 30.6 Å². The van der Waals surface area contributed by atoms with Crippen molar-refractivity contribution >= 4 is 6.29 Å². The molecule has 1 aromatic heterocycles. The van der Waals surface area contributed by atoms with Crippen molar-refractivity contribution < 1.29 is 14.3 Å². The van der Waals surface area contributed by atoms with Crippen LogP contribution in [-0.2, 0) is 6.61 Å². The van der Waals surface area contributed by atoms with Gasteiger partial charge in [0.1, 0.15) is 18.1 Å². The Morgan fingerprint density at radius 1 is 1.33 bits per heavy atom. The van der Waals surface area contributed by atoms with Crippen molar-refractivity contribution in [1.82, 2.24) is 4.98 Å². The van der Waals surface area contributed by atoms with Crippen LogP contribution in [0.1, 0.15) is 15.9 Å². The smallest absolute Gasteiger partial charge is 0.153 e. The van der Waals surface area contributed by atoms with Crippen molar-refractivity contribution in [2.24, 2.45) is 0 Å². The summed E-state index contributed by atoms with van der Waals surface area (Å²) in [6, 6.07) is 8.89. The fourth-order valence-electron chi connectivity index (χ4n) is 1.53. The second-order valence-corrected chi connectivity index (χ2v) is 3.67. The fourth-order valence-corrected chi connectivity index (χ4v) is 1.53. The van der Waals surface area contributed by atoms with Crippen LogP contribution in [0.4, 0.5) is 0 Å². The summed E-state index contributed by atoms with van der Waals surface area (Å²) in [5.41, 5.74) is 1.49. The normalized spacial score (nSPS) is 9.83. The van der Waals surface area contributed by atoms with Crippen molar-refractivity contribution in [3.05, 3.63) is 53.9 Å². The number of methoxy groups -OCH3 is 1. The summed E-state index contributed by atoms with van der Waals surface area (Å²) >= 11 is 0. The third kappa shape index (κ3) is 2.85. The van der Waals surface area contributed by atoms with Crippen LogP contribution in [0.5, 0.6) is 11.5 Å². The Balaban J connectivity index is 2.08. The number of hydrogen-bond acceptors (Lipinski definition) is 4. The second-order valence-electron chi connectivity index (χ2n) is 3.67. The molecule has 0 N–H and O–H groups in total. The molecule has 0 fully saturated rings. The van der Waals surface area contributed by atoms with E-state index >= 15 is 0 Å². The average Bonchev–Trinajstić information content (AvgIpc) is 2.45. The zero-order valence-electron chi connectivity index (χ0n) is 10.00. The zero-order chi connectivity index (χ0) is 12.8. The van der Waals surface area contributed by atoms with E-state index in [1.165, 1.54) is 7.11 Å². The van der Waals surface area contributed by atoms with E-state index in [0.717, 1.165) is 11.8 Å². The number of nitrogens with zero attached hydrogens (tertiary/aromatic N) is 1. The van der Waals surface area contributed by atoms with Crippen molar-refractivity contribution in [1.29, 1.82) is 0 Å². The molecule has 1 heterocycles. The first kappa shape index (κ1) is 12.1. The van der Waals surface area contributed by atoms with Crippen molar-refractivity contribution in [3.63, 3.8) is 0 Å². The molecule has 0 unspecified atom stereocenters. The Hall–Kier alpha value is -2.36. The van der Waals surface area contributed by atoms with Gasteiger partial charge in [0.15, 0.2) is 6.29 Å². The number of hydrogen-bond donors (Lipinski definition) is 0. The summed E-state index contributed by atoms with van der Waals surface area (Å²) in [6.07, 6.45) is 4.21. The Kier molecular flexibility index (Phi) is 3.91. The Morgan fingerprint density at radius 2 is 2.22 bits per heavy atom. The maximum Gasteiger partial charge on any atom is 0.153 e. The average molecular weight is 243 g/mol. The van der Waals surface area contributed by atoms with Crippen LogP contribution in [0.2, 0.25) is 0 Å². The van der Waals surface area contributed by atoms with E-state index in [2.05, 4.69) is 4.98 Å². The van der Waals surface area contributed by atoms with Crippen LogP contribution in [0, 0.1) is 0 Å². The first-order chi connectivity index (χ1) is 8.83. The van der Waals surface area contributed by atoms with Gasteiger partial charge in [0.25, 0.3) is 0 Å². The Morgan fingerprint density at radius 3 is 2.89 bits per heavy atom. The minimum atomic E-state index is 0.428. The highest BCUT2D eigenvalue weighted by atomic mass is 16.5. The molecule has 0 saturated carbocycles. The lowest BCUT2D eigenvalue weighted by Crippen LogP contribution is -1.97. The molecule has 4 nitrogen and oxygen atoms in total. The zero-order valence-corrected chi connectivity index (χ0v) is 10.00. The van der Waals surface area contributed by atoms with E-state index in [1.807, 2.05) is 12.1 Å². The van der Waals surface area contributed by atoms with Crippen LogP contribution in [-0.4, -0.2) is 18.4 Å². The van der Waals surface area contributed by atoms with Gasteiger partial charge >= 0.3 is 0 Å². The largest absolute Gasteiger partial charge is 0.496 e. The van der Waals surface area contributed by atoms with Gasteiger partial charge in [-0.15, -0.1) is 0 Å². The number of ether oxygens (including phenoxy) is 2. The number of carbonyl (C=O) groups is 1. The molecule has 2 aromatic rings. The molecule has 0 bridgehead atoms. The topological polar surface area (TPSA) is 48.4 Å². The first-order valence-corrected chi connectivity index (χ1v) is 5.48. The molecule has 92 valence electrons. The van der Waals surface area contributed by atoms with Crippen LogP contribution in [0.3, 0.4) is 0 Å². The SMILES string of the molecule is COc1cc(OCc2cccnc2)ccc1C=O. The molecule has 18 heavy (non-hydrogen) atoms. The number of carbonyl (C=O) groups excluding carboxylic acids is 1. The lowest BCUT2D eigenvalue weighted by molar-refractivity contribution is 0.112. The lowest BCUT2D eigenvalue weighted by Gasteiger charge is -2.09. The summed E-state index contributed by atoms with van der Waals surface area (Å²) in [4.78, 5) is 14.8. The fraction of sp³-hybridized carbons (Fsp3) is 0.143. The van der Waals surface area contributed by atoms with Gasteiger partial charge in [0.2, 0.25) is 0 Å². The molecule has 0 aliphatic carbocycles. The van der Waals surface area contributed by atoms with Crippen LogP contribution in [0.25, 0.3) is 0 Å². The minimum absolute atomic E-state index is 0.428. The highest BCUT2D eigenvalue weighted by Gasteiger charge is 2.04. The number of aldehydes is 1. The molecule has 2 rings (SSSR count). The maximum absolute atomic E-state index is 10.7. The number of pyridine rings is 1. The Labute approximate surface area is 105 Å². The predicted octanol–water partition coefficient (Wildman–Crippen LogP) is 2.48. The molecule has 0 aliphatic rings. The van der Waals surface area contributed by atoms with E-state index in [-0.39, 0.29) is 0 Å². The van der Waals surface area contributed by atoms with E-state index < -0.39 is 0 Å². The highest BCUT2D eigenvalue weighted by Crippen LogP contribution is 2.23. The van der Waals surface area contributed by atoms with Crippen molar-refractivity contribution in [3.8, 4) is 11.5 Å². The van der Waals surface area contributed by atoms with Gasteiger partial charge in [-0.2, -0.15) is 0 Å². The molecule has 0 spiro atoms. The molecule has 0 aliphatic heterocycles. The van der Waals surface area contributed by atoms with Crippen LogP contribution in [0.15, 0.2) is 42.7 Å². The number of rotatable bonds is 5. The molecule has 1 aromatic carbocycles. The number of benzene rings is 1. The van der Waals surface area contributed by atoms with Gasteiger partial charge in [0, 0.05) is 24.0 Å². The second kappa shape index (κ2) is 5.82. The summed E-state index contributed by atoms with van der Waals surface area (Å²) in [6.45, 7) is 0.428. The van der Waals surface area contributed by atoms with Crippen LogP contribution < -0.4 is 9.47 Å². The van der Waals surface area contributed by atoms with Crippen molar-refractivity contribution in [2.75, 3.05) is 7.11 Å². The molecule has 0 amide bonds. The molecule has 0 atom stereocenters. The molecule has 0 radical (unpaired) electrons. The maximum atomic E-state index is 10.7. The van der Waals surface area contributed by atoms with Gasteiger partial charge < -0.3 is 9.47 Å². The molecular weight excluding hydrogens is 230 g/mol. The Bertz CT molecular complexity index is 526. The quantitative estimate of drug-likeness (QED) is 0.757. The molecule has 0 saturated heterocycles. The standard InChI is InChI=1S/C14H13NO3/c1-17-14-7-13(5-4-12(14)9-16)18-10-11-3-2-6-15-8-11/h2-9H,10H2,1H3. The van der Waals surface area contributed by atoms with Gasteiger partial charge in [-0.3, -0.25) is 9.78 Å². The summed E-state index contributed by atoms with van der Waals surface area (Å²) < 4.78 is 10.7. The number of aromatic nitrogens is 1. The van der Waals surface area contributed by atoms with E-state index in [9.17, 15) is 4.79 Å². The van der Waals surface area contributed by atoms with Gasteiger partial charge in [-0.25, -0.2) is 0 Å². The first-order valence-electron chi connectivity index (χ1n) is 5.48. The minimum Gasteiger partial charge on any atom is -0.496 e.